The van der Waals surface area contributed by atoms with E-state index < -0.39 is 20.5 Å². The molecule has 3 saturated carbocycles. The van der Waals surface area contributed by atoms with Gasteiger partial charge in [0.05, 0.1) is 33.6 Å². The summed E-state index contributed by atoms with van der Waals surface area (Å²) in [4.78, 5) is 0. The average molecular weight is 905 g/mol. The average Bonchev–Trinajstić information content (AvgIpc) is 3.54. The molecule has 0 unspecified atom stereocenters. The van der Waals surface area contributed by atoms with Crippen LogP contribution in [0.1, 0.15) is 204 Å². The zero-order chi connectivity index (χ0) is 51.3. The first-order chi connectivity index (χ1) is 30.2. The van der Waals surface area contributed by atoms with E-state index >= 15 is 0 Å². The first kappa shape index (κ1) is 55.7. The Labute approximate surface area is 397 Å². The molecule has 0 N–H and O–H groups in total. The maximum absolute atomic E-state index is 6.94. The van der Waals surface area contributed by atoms with Crippen LogP contribution in [0.15, 0.2) is 48.5 Å². The Morgan fingerprint density at radius 1 is 0.429 bits per heavy atom. The lowest BCUT2D eigenvalue weighted by molar-refractivity contribution is -0.0234. The van der Waals surface area contributed by atoms with Crippen LogP contribution in [0.4, 0.5) is 0 Å². The Kier molecular flexibility index (Phi) is 24.7. The minimum absolute atomic E-state index is 0.0417. The zero-order valence-corrected chi connectivity index (χ0v) is 46.2. The van der Waals surface area contributed by atoms with Crippen molar-refractivity contribution in [2.24, 2.45) is 0 Å². The molecule has 1 aliphatic heterocycles. The maximum atomic E-state index is 6.94. The van der Waals surface area contributed by atoms with Gasteiger partial charge in [0.15, 0.2) is 0 Å². The Bertz CT molecular complexity index is 1480. The van der Waals surface area contributed by atoms with Crippen molar-refractivity contribution < 1.29 is 32.5 Å². The van der Waals surface area contributed by atoms with Crippen molar-refractivity contribution in [2.75, 3.05) is 42.7 Å². The Balaban J connectivity index is 0.000000806. The molecule has 6 nitrogen and oxygen atoms in total. The van der Waals surface area contributed by atoms with E-state index in [0.717, 1.165) is 0 Å². The summed E-state index contributed by atoms with van der Waals surface area (Å²) >= 11 is 0. The van der Waals surface area contributed by atoms with Crippen molar-refractivity contribution in [3.63, 3.8) is 0 Å². The summed E-state index contributed by atoms with van der Waals surface area (Å²) in [5, 5.41) is 3.90. The van der Waals surface area contributed by atoms with Gasteiger partial charge in [-0.2, -0.15) is 0 Å². The fourth-order valence-electron chi connectivity index (χ4n) is 7.94. The molecular formula is C56H104O6Si. The molecule has 6 rings (SSSR count). The number of benzene rings is 2. The predicted molar refractivity (Wildman–Crippen MR) is 278 cm³/mol. The number of methoxy groups -OCH3 is 6. The number of ether oxygens (including phenoxy) is 6. The number of fused-ring (bicyclic) bond motifs is 3. The van der Waals surface area contributed by atoms with Crippen LogP contribution in [-0.4, -0.2) is 84.3 Å². The lowest BCUT2D eigenvalue weighted by Gasteiger charge is -2.47. The second-order valence-electron chi connectivity index (χ2n) is 22.4. The van der Waals surface area contributed by atoms with Crippen molar-refractivity contribution in [3.05, 3.63) is 48.5 Å². The smallest absolute Gasteiger partial charge is 0.122 e. The lowest BCUT2D eigenvalue weighted by atomic mass is 9.86. The molecule has 368 valence electrons. The summed E-state index contributed by atoms with van der Waals surface area (Å²) in [7, 11) is 8.52. The van der Waals surface area contributed by atoms with Crippen LogP contribution in [0.3, 0.4) is 0 Å². The van der Waals surface area contributed by atoms with Crippen molar-refractivity contribution in [1.82, 2.24) is 0 Å². The van der Waals surface area contributed by atoms with Gasteiger partial charge in [-0.1, -0.05) is 120 Å². The van der Waals surface area contributed by atoms with E-state index in [1.807, 2.05) is 76.5 Å². The minimum Gasteiger partial charge on any atom is -0.379 e. The van der Waals surface area contributed by atoms with Crippen molar-refractivity contribution >= 4 is 18.4 Å². The Morgan fingerprint density at radius 3 is 0.889 bits per heavy atom. The third-order valence-corrected chi connectivity index (χ3v) is 19.5. The normalized spacial score (nSPS) is 20.1. The van der Waals surface area contributed by atoms with Crippen LogP contribution in [-0.2, 0) is 28.4 Å². The van der Waals surface area contributed by atoms with Gasteiger partial charge in [-0.3, -0.25) is 0 Å². The molecule has 0 radical (unpaired) electrons. The van der Waals surface area contributed by atoms with Crippen LogP contribution in [0.5, 0.6) is 0 Å². The molecule has 0 bridgehead atoms. The molecule has 2 aromatic rings. The van der Waals surface area contributed by atoms with Crippen molar-refractivity contribution in [1.29, 1.82) is 0 Å². The summed E-state index contributed by atoms with van der Waals surface area (Å²) < 4.78 is 51.1. The van der Waals surface area contributed by atoms with Crippen LogP contribution < -0.4 is 10.4 Å². The van der Waals surface area contributed by atoms with E-state index in [9.17, 15) is 0 Å². The molecule has 2 aromatic carbocycles. The highest BCUT2D eigenvalue weighted by Gasteiger charge is 2.53. The van der Waals surface area contributed by atoms with Gasteiger partial charge in [-0.15, -0.1) is 0 Å². The molecule has 1 heterocycles. The first-order valence-electron chi connectivity index (χ1n) is 25.7. The van der Waals surface area contributed by atoms with E-state index in [2.05, 4.69) is 75.8 Å². The van der Waals surface area contributed by atoms with E-state index in [-0.39, 0.29) is 28.0 Å². The molecule has 0 amide bonds. The monoisotopic (exact) mass is 904 g/mol. The van der Waals surface area contributed by atoms with E-state index in [0.29, 0.717) is 5.04 Å². The van der Waals surface area contributed by atoms with Crippen LogP contribution in [0, 0.1) is 0 Å². The molecular weight excluding hydrogens is 797 g/mol. The summed E-state index contributed by atoms with van der Waals surface area (Å²) in [6, 6.07) is 18.5. The zero-order valence-electron chi connectivity index (χ0n) is 48.2. The largest absolute Gasteiger partial charge is 0.379 e. The highest BCUT2D eigenvalue weighted by atomic mass is 28.3. The molecule has 0 atom stereocenters. The molecule has 0 aromatic heterocycles. The number of hydrogen-bond donors (Lipinski definition) is 0. The minimum atomic E-state index is -2.03. The molecule has 4 aliphatic rings. The Hall–Kier alpha value is -1.58. The van der Waals surface area contributed by atoms with Gasteiger partial charge in [0, 0.05) is 46.8 Å². The summed E-state index contributed by atoms with van der Waals surface area (Å²) in [5.74, 6) is 0. The van der Waals surface area contributed by atoms with E-state index in [4.69, 9.17) is 32.5 Å². The summed E-state index contributed by atoms with van der Waals surface area (Å²) in [6.45, 7) is 28.9. The highest BCUT2D eigenvalue weighted by molar-refractivity contribution is 7.06. The third-order valence-electron chi connectivity index (χ3n) is 13.5. The van der Waals surface area contributed by atoms with Gasteiger partial charge in [-0.05, 0) is 162 Å². The van der Waals surface area contributed by atoms with Gasteiger partial charge in [0.1, 0.15) is 8.07 Å². The highest BCUT2D eigenvalue weighted by Crippen LogP contribution is 2.52. The van der Waals surface area contributed by atoms with Crippen molar-refractivity contribution in [3.8, 4) is 11.1 Å². The molecule has 0 spiro atoms. The van der Waals surface area contributed by atoms with Gasteiger partial charge in [0.25, 0.3) is 0 Å². The Morgan fingerprint density at radius 2 is 0.683 bits per heavy atom. The van der Waals surface area contributed by atoms with Crippen molar-refractivity contribution in [2.45, 2.75) is 245 Å². The second-order valence-corrected chi connectivity index (χ2v) is 27.0. The molecule has 3 aliphatic carbocycles. The van der Waals surface area contributed by atoms with Gasteiger partial charge < -0.3 is 28.4 Å². The summed E-state index contributed by atoms with van der Waals surface area (Å²) in [5.41, 5.74) is 2.59. The molecule has 63 heavy (non-hydrogen) atoms. The topological polar surface area (TPSA) is 55.4 Å². The third kappa shape index (κ3) is 23.6. The van der Waals surface area contributed by atoms with E-state index in [1.165, 1.54) is 115 Å². The van der Waals surface area contributed by atoms with Crippen LogP contribution in [0.2, 0.25) is 11.6 Å². The quantitative estimate of drug-likeness (QED) is 0.286. The fraction of sp³-hybridized carbons (Fsp3) is 0.786. The second kappa shape index (κ2) is 27.9. The van der Waals surface area contributed by atoms with Crippen LogP contribution in [0.25, 0.3) is 11.1 Å². The number of rotatable bonds is 3. The van der Waals surface area contributed by atoms with Gasteiger partial charge >= 0.3 is 0 Å². The lowest BCUT2D eigenvalue weighted by Crippen LogP contribution is -2.61. The molecule has 0 saturated heterocycles. The summed E-state index contributed by atoms with van der Waals surface area (Å²) in [6.07, 6.45) is 20.3. The van der Waals surface area contributed by atoms with E-state index in [1.54, 1.807) is 45.6 Å². The number of hydrogen-bond acceptors (Lipinski definition) is 6. The standard InChI is InChI=1S/C20H24Si.2C8H16O.4C5H12O/c1-20(14-8-3-9-15-20)21(2)18-12-6-4-10-16(18)17-11-5-7-13-19(17)21;2*1-8(9-2)6-4-3-5-7-8;4*1-5(2,3)6-4/h4-7,10-13H,3,8-9,14-15H2,1-2H3;2*3-7H2,1-2H3;4*1-4H3/i;;;1D3;;;. The predicted octanol–water partition coefficient (Wildman–Crippen LogP) is 15.0. The molecule has 7 heteroatoms. The van der Waals surface area contributed by atoms with Crippen LogP contribution >= 0.6 is 0 Å². The SMILES string of the molecule is CC1([Si]2(C)c3ccccc3-c3ccccc32)CCCCC1.COC(C)(C)C.COC(C)(C)C.COC(C)(C)C.COC1(C)CCCCC1.COC1(C)CCCCC1.[2H]C([2H])([2H])C(C)(C)OC. The fourth-order valence-corrected chi connectivity index (χ4v) is 13.3. The maximum Gasteiger partial charge on any atom is 0.122 e. The molecule has 3 fully saturated rings. The van der Waals surface area contributed by atoms with Gasteiger partial charge in [-0.25, -0.2) is 0 Å². The van der Waals surface area contributed by atoms with Gasteiger partial charge in [0.2, 0.25) is 0 Å². The first-order valence-corrected chi connectivity index (χ1v) is 26.7.